The molecule has 4 heteroatoms. The lowest BCUT2D eigenvalue weighted by Gasteiger charge is -2.35. The molecule has 0 radical (unpaired) electrons. The Hall–Kier alpha value is -0.0600. The van der Waals surface area contributed by atoms with Crippen LogP contribution in [0.2, 0.25) is 0 Å². The number of hydrogen-bond donors (Lipinski definition) is 1. The molecule has 0 aliphatic carbocycles. The summed E-state index contributed by atoms with van der Waals surface area (Å²) in [5, 5.41) is 3.69. The zero-order valence-electron chi connectivity index (χ0n) is 11.8. The van der Waals surface area contributed by atoms with Crippen LogP contribution in [0, 0.1) is 5.41 Å². The molecule has 1 N–H and O–H groups in total. The molecule has 1 aliphatic heterocycles. The van der Waals surface area contributed by atoms with Crippen LogP contribution < -0.4 is 10.2 Å². The van der Waals surface area contributed by atoms with Gasteiger partial charge in [-0.15, -0.1) is 0 Å². The van der Waals surface area contributed by atoms with Gasteiger partial charge in [0.05, 0.1) is 5.69 Å². The number of anilines is 1. The fourth-order valence-corrected chi connectivity index (χ4v) is 4.00. The second-order valence-corrected chi connectivity index (χ2v) is 7.95. The summed E-state index contributed by atoms with van der Waals surface area (Å²) in [6.45, 7) is 10.2. The van der Waals surface area contributed by atoms with Gasteiger partial charge in [0.15, 0.2) is 0 Å². The molecule has 1 heterocycles. The van der Waals surface area contributed by atoms with Gasteiger partial charge in [-0.3, -0.25) is 0 Å². The maximum Gasteiger partial charge on any atom is 0.0655 e. The molecule has 0 bridgehead atoms. The Labute approximate surface area is 133 Å². The van der Waals surface area contributed by atoms with Crippen LogP contribution in [0.5, 0.6) is 0 Å². The minimum absolute atomic E-state index is 0.274. The van der Waals surface area contributed by atoms with Crippen LogP contribution >= 0.6 is 31.9 Å². The molecule has 2 rings (SSSR count). The number of benzene rings is 1. The normalized spacial score (nSPS) is 21.3. The third kappa shape index (κ3) is 3.73. The lowest BCUT2D eigenvalue weighted by atomic mass is 9.86. The van der Waals surface area contributed by atoms with E-state index < -0.39 is 0 Å². The molecule has 1 aliphatic rings. The van der Waals surface area contributed by atoms with Gasteiger partial charge >= 0.3 is 0 Å². The molecular formula is C15H22Br2N2. The quantitative estimate of drug-likeness (QED) is 0.764. The Morgan fingerprint density at radius 1 is 1.21 bits per heavy atom. The van der Waals surface area contributed by atoms with E-state index in [9.17, 15) is 0 Å². The van der Waals surface area contributed by atoms with Crippen molar-refractivity contribution >= 4 is 37.5 Å². The Balaban J connectivity index is 2.28. The van der Waals surface area contributed by atoms with Crippen LogP contribution in [0.25, 0.3) is 0 Å². The first kappa shape index (κ1) is 15.3. The number of hydrogen-bond acceptors (Lipinski definition) is 2. The van der Waals surface area contributed by atoms with Crippen molar-refractivity contribution in [3.63, 3.8) is 0 Å². The molecule has 1 saturated heterocycles. The van der Waals surface area contributed by atoms with Gasteiger partial charge < -0.3 is 10.2 Å². The van der Waals surface area contributed by atoms with Crippen molar-refractivity contribution in [2.75, 3.05) is 24.5 Å². The van der Waals surface area contributed by atoms with E-state index in [2.05, 4.69) is 81.0 Å². The first-order valence-electron chi connectivity index (χ1n) is 6.82. The predicted octanol–water partition coefficient (Wildman–Crippen LogP) is 4.43. The first-order valence-corrected chi connectivity index (χ1v) is 8.40. The van der Waals surface area contributed by atoms with Gasteiger partial charge in [0.2, 0.25) is 0 Å². The number of nitrogens with one attached hydrogen (secondary N) is 1. The van der Waals surface area contributed by atoms with Crippen LogP contribution in [-0.2, 0) is 0 Å². The summed E-state index contributed by atoms with van der Waals surface area (Å²) < 4.78 is 2.33. The second-order valence-electron chi connectivity index (χ2n) is 6.24. The Morgan fingerprint density at radius 3 is 2.42 bits per heavy atom. The van der Waals surface area contributed by atoms with Crippen molar-refractivity contribution in [3.8, 4) is 0 Å². The van der Waals surface area contributed by atoms with Crippen LogP contribution in [0.4, 0.5) is 5.69 Å². The van der Waals surface area contributed by atoms with Crippen molar-refractivity contribution in [3.05, 3.63) is 27.1 Å². The Kier molecular flexibility index (Phi) is 4.96. The summed E-state index contributed by atoms with van der Waals surface area (Å²) >= 11 is 7.37. The summed E-state index contributed by atoms with van der Waals surface area (Å²) in [6, 6.07) is 6.80. The van der Waals surface area contributed by atoms with Crippen molar-refractivity contribution in [2.24, 2.45) is 5.41 Å². The van der Waals surface area contributed by atoms with E-state index in [4.69, 9.17) is 0 Å². The fourth-order valence-electron chi connectivity index (χ4n) is 2.50. The van der Waals surface area contributed by atoms with E-state index in [1.54, 1.807) is 0 Å². The van der Waals surface area contributed by atoms with Crippen LogP contribution in [0.3, 0.4) is 0 Å². The lowest BCUT2D eigenvalue weighted by molar-refractivity contribution is 0.280. The SMILES string of the molecule is CC(C)(C)C1CN(c2c(Br)cccc2Br)CCCN1. The highest BCUT2D eigenvalue weighted by Gasteiger charge is 2.29. The molecule has 0 aromatic heterocycles. The van der Waals surface area contributed by atoms with Crippen molar-refractivity contribution in [1.29, 1.82) is 0 Å². The van der Waals surface area contributed by atoms with Gasteiger partial charge in [0, 0.05) is 28.1 Å². The number of nitrogens with zero attached hydrogens (tertiary/aromatic N) is 1. The van der Waals surface area contributed by atoms with E-state index in [0.29, 0.717) is 6.04 Å². The zero-order chi connectivity index (χ0) is 14.0. The van der Waals surface area contributed by atoms with Crippen molar-refractivity contribution in [2.45, 2.75) is 33.2 Å². The van der Waals surface area contributed by atoms with Crippen LogP contribution in [-0.4, -0.2) is 25.7 Å². The molecule has 0 amide bonds. The largest absolute Gasteiger partial charge is 0.368 e. The third-order valence-electron chi connectivity index (χ3n) is 3.70. The minimum Gasteiger partial charge on any atom is -0.368 e. The first-order chi connectivity index (χ1) is 8.89. The van der Waals surface area contributed by atoms with E-state index in [1.165, 1.54) is 12.1 Å². The Morgan fingerprint density at radius 2 is 1.84 bits per heavy atom. The number of halogens is 2. The molecule has 106 valence electrons. The molecule has 1 fully saturated rings. The fraction of sp³-hybridized carbons (Fsp3) is 0.600. The maximum atomic E-state index is 3.69. The monoisotopic (exact) mass is 388 g/mol. The highest BCUT2D eigenvalue weighted by molar-refractivity contribution is 9.11. The van der Waals surface area contributed by atoms with Gasteiger partial charge in [0.25, 0.3) is 0 Å². The molecule has 1 aromatic carbocycles. The van der Waals surface area contributed by atoms with Crippen LogP contribution in [0.1, 0.15) is 27.2 Å². The smallest absolute Gasteiger partial charge is 0.0655 e. The third-order valence-corrected chi connectivity index (χ3v) is 4.98. The highest BCUT2D eigenvalue weighted by Crippen LogP contribution is 2.35. The zero-order valence-corrected chi connectivity index (χ0v) is 15.0. The number of rotatable bonds is 1. The molecule has 1 unspecified atom stereocenters. The predicted molar refractivity (Wildman–Crippen MR) is 89.9 cm³/mol. The summed E-state index contributed by atoms with van der Waals surface area (Å²) in [4.78, 5) is 2.49. The van der Waals surface area contributed by atoms with Crippen molar-refractivity contribution < 1.29 is 0 Å². The molecule has 19 heavy (non-hydrogen) atoms. The molecule has 1 aromatic rings. The Bertz CT molecular complexity index is 420. The number of para-hydroxylation sites is 1. The average molecular weight is 390 g/mol. The molecule has 1 atom stereocenters. The summed E-state index contributed by atoms with van der Waals surface area (Å²) in [5.41, 5.74) is 1.55. The van der Waals surface area contributed by atoms with E-state index in [-0.39, 0.29) is 5.41 Å². The molecule has 0 spiro atoms. The van der Waals surface area contributed by atoms with Gasteiger partial charge in [-0.25, -0.2) is 0 Å². The summed E-state index contributed by atoms with van der Waals surface area (Å²) in [7, 11) is 0. The maximum absolute atomic E-state index is 3.69. The van der Waals surface area contributed by atoms with Gasteiger partial charge in [-0.1, -0.05) is 26.8 Å². The van der Waals surface area contributed by atoms with Gasteiger partial charge in [-0.05, 0) is 62.4 Å². The lowest BCUT2D eigenvalue weighted by Crippen LogP contribution is -2.46. The highest BCUT2D eigenvalue weighted by atomic mass is 79.9. The topological polar surface area (TPSA) is 15.3 Å². The standard InChI is InChI=1S/C15H22Br2N2/c1-15(2,3)13-10-19(9-5-8-18-13)14-11(16)6-4-7-12(14)17/h4,6-7,13,18H,5,8-10H2,1-3H3. The molecule has 2 nitrogen and oxygen atoms in total. The van der Waals surface area contributed by atoms with Gasteiger partial charge in [-0.2, -0.15) is 0 Å². The minimum atomic E-state index is 0.274. The van der Waals surface area contributed by atoms with Crippen LogP contribution in [0.15, 0.2) is 27.1 Å². The van der Waals surface area contributed by atoms with Crippen molar-refractivity contribution in [1.82, 2.24) is 5.32 Å². The molecular weight excluding hydrogens is 368 g/mol. The summed E-state index contributed by atoms with van der Waals surface area (Å²) in [5.74, 6) is 0. The second kappa shape index (κ2) is 6.15. The average Bonchev–Trinajstić information content (AvgIpc) is 2.54. The van der Waals surface area contributed by atoms with E-state index in [0.717, 1.165) is 28.6 Å². The van der Waals surface area contributed by atoms with E-state index >= 15 is 0 Å². The van der Waals surface area contributed by atoms with Gasteiger partial charge in [0.1, 0.15) is 0 Å². The van der Waals surface area contributed by atoms with E-state index in [1.807, 2.05) is 0 Å². The molecule has 0 saturated carbocycles. The summed E-state index contributed by atoms with van der Waals surface area (Å²) in [6.07, 6.45) is 1.18.